The molecule has 0 saturated carbocycles. The highest BCUT2D eigenvalue weighted by Crippen LogP contribution is 2.38. The average molecular weight is 295 g/mol. The molecule has 1 aromatic carbocycles. The Morgan fingerprint density at radius 1 is 1.05 bits per heavy atom. The molecule has 0 radical (unpaired) electrons. The van der Waals surface area contributed by atoms with Crippen LogP contribution in [0.4, 0.5) is 0 Å². The summed E-state index contributed by atoms with van der Waals surface area (Å²) in [6.07, 6.45) is 3.69. The lowest BCUT2D eigenvalue weighted by molar-refractivity contribution is -0.121. The summed E-state index contributed by atoms with van der Waals surface area (Å²) >= 11 is 0. The van der Waals surface area contributed by atoms with E-state index < -0.39 is 0 Å². The predicted molar refractivity (Wildman–Crippen MR) is 82.1 cm³/mol. The third-order valence-corrected chi connectivity index (χ3v) is 3.22. The lowest BCUT2D eigenvalue weighted by atomic mass is 10.1. The molecule has 1 rings (SSSR count). The average Bonchev–Trinajstić information content (AvgIpc) is 2.51. The Bertz CT molecular complexity index is 435. The first kappa shape index (κ1) is 17.1. The predicted octanol–water partition coefficient (Wildman–Crippen LogP) is 2.91. The van der Waals surface area contributed by atoms with Gasteiger partial charge in [0.15, 0.2) is 11.5 Å². The second kappa shape index (κ2) is 9.10. The number of methoxy groups -OCH3 is 3. The van der Waals surface area contributed by atoms with Crippen LogP contribution in [0.5, 0.6) is 17.2 Å². The van der Waals surface area contributed by atoms with Gasteiger partial charge < -0.3 is 19.5 Å². The number of hydrogen-bond donors (Lipinski definition) is 1. The maximum atomic E-state index is 11.7. The summed E-state index contributed by atoms with van der Waals surface area (Å²) in [6.45, 7) is 2.56. The molecule has 0 aliphatic heterocycles. The third-order valence-electron chi connectivity index (χ3n) is 3.22. The smallest absolute Gasteiger partial charge is 0.220 e. The molecule has 1 amide bonds. The van der Waals surface area contributed by atoms with Crippen molar-refractivity contribution in [3.8, 4) is 17.2 Å². The minimum Gasteiger partial charge on any atom is -0.493 e. The minimum atomic E-state index is 0.0669. The lowest BCUT2D eigenvalue weighted by Gasteiger charge is -2.14. The molecule has 0 spiro atoms. The molecular formula is C16H25NO4. The maximum absolute atomic E-state index is 11.7. The van der Waals surface area contributed by atoms with Crippen molar-refractivity contribution in [3.63, 3.8) is 0 Å². The summed E-state index contributed by atoms with van der Waals surface area (Å²) in [5, 5.41) is 2.91. The van der Waals surface area contributed by atoms with Crippen LogP contribution in [0.2, 0.25) is 0 Å². The number of ether oxygens (including phenoxy) is 3. The topological polar surface area (TPSA) is 56.8 Å². The van der Waals surface area contributed by atoms with Crippen molar-refractivity contribution in [2.75, 3.05) is 21.3 Å². The molecule has 0 fully saturated rings. The van der Waals surface area contributed by atoms with Gasteiger partial charge in [0.05, 0.1) is 21.3 Å². The van der Waals surface area contributed by atoms with Gasteiger partial charge in [0.25, 0.3) is 0 Å². The van der Waals surface area contributed by atoms with Gasteiger partial charge in [-0.3, -0.25) is 4.79 Å². The summed E-state index contributed by atoms with van der Waals surface area (Å²) in [5.74, 6) is 1.80. The number of benzene rings is 1. The molecule has 118 valence electrons. The van der Waals surface area contributed by atoms with E-state index in [-0.39, 0.29) is 5.91 Å². The number of carbonyl (C=O) groups excluding carboxylic acids is 1. The Morgan fingerprint density at radius 3 is 2.14 bits per heavy atom. The van der Waals surface area contributed by atoms with Crippen molar-refractivity contribution in [2.24, 2.45) is 0 Å². The van der Waals surface area contributed by atoms with Crippen LogP contribution in [0.1, 0.15) is 38.2 Å². The fraction of sp³-hybridized carbons (Fsp3) is 0.562. The monoisotopic (exact) mass is 295 g/mol. The number of carbonyl (C=O) groups is 1. The van der Waals surface area contributed by atoms with Gasteiger partial charge in [-0.05, 0) is 24.1 Å². The molecule has 0 heterocycles. The summed E-state index contributed by atoms with van der Waals surface area (Å²) in [5.41, 5.74) is 0.911. The van der Waals surface area contributed by atoms with Gasteiger partial charge >= 0.3 is 0 Å². The Morgan fingerprint density at radius 2 is 1.67 bits per heavy atom. The molecule has 1 aromatic rings. The first-order valence-electron chi connectivity index (χ1n) is 7.21. The second-order valence-electron chi connectivity index (χ2n) is 4.77. The fourth-order valence-electron chi connectivity index (χ4n) is 2.06. The van der Waals surface area contributed by atoms with Crippen LogP contribution < -0.4 is 19.5 Å². The van der Waals surface area contributed by atoms with Crippen LogP contribution in [0.3, 0.4) is 0 Å². The molecule has 21 heavy (non-hydrogen) atoms. The van der Waals surface area contributed by atoms with Crippen molar-refractivity contribution in [2.45, 2.75) is 39.2 Å². The van der Waals surface area contributed by atoms with E-state index in [0.29, 0.717) is 30.2 Å². The number of unbranched alkanes of at least 4 members (excludes halogenated alkanes) is 2. The highest BCUT2D eigenvalue weighted by molar-refractivity contribution is 5.75. The fourth-order valence-corrected chi connectivity index (χ4v) is 2.06. The Hall–Kier alpha value is -1.91. The van der Waals surface area contributed by atoms with Crippen LogP contribution in [0.15, 0.2) is 12.1 Å². The zero-order valence-electron chi connectivity index (χ0n) is 13.3. The molecule has 5 heteroatoms. The molecule has 0 aliphatic carbocycles. The summed E-state index contributed by atoms with van der Waals surface area (Å²) < 4.78 is 15.8. The number of rotatable bonds is 9. The maximum Gasteiger partial charge on any atom is 0.220 e. The zero-order chi connectivity index (χ0) is 15.7. The van der Waals surface area contributed by atoms with Crippen LogP contribution in [0.25, 0.3) is 0 Å². The molecule has 0 aliphatic rings. The SMILES string of the molecule is CCCCCC(=O)NCc1cc(OC)c(OC)c(OC)c1. The normalized spacial score (nSPS) is 10.1. The van der Waals surface area contributed by atoms with E-state index in [1.165, 1.54) is 0 Å². The Labute approximate surface area is 126 Å². The Kier molecular flexibility index (Phi) is 7.43. The van der Waals surface area contributed by atoms with E-state index in [1.54, 1.807) is 21.3 Å². The molecule has 0 aromatic heterocycles. The van der Waals surface area contributed by atoms with Gasteiger partial charge in [-0.15, -0.1) is 0 Å². The second-order valence-corrected chi connectivity index (χ2v) is 4.77. The molecule has 0 saturated heterocycles. The minimum absolute atomic E-state index is 0.0669. The van der Waals surface area contributed by atoms with Gasteiger partial charge in [0.1, 0.15) is 0 Å². The number of hydrogen-bond acceptors (Lipinski definition) is 4. The van der Waals surface area contributed by atoms with E-state index in [1.807, 2.05) is 12.1 Å². The number of amides is 1. The number of nitrogens with one attached hydrogen (secondary N) is 1. The summed E-state index contributed by atoms with van der Waals surface area (Å²) in [7, 11) is 4.71. The van der Waals surface area contributed by atoms with E-state index in [4.69, 9.17) is 14.2 Å². The van der Waals surface area contributed by atoms with Crippen LogP contribution in [-0.4, -0.2) is 27.2 Å². The highest BCUT2D eigenvalue weighted by Gasteiger charge is 2.13. The lowest BCUT2D eigenvalue weighted by Crippen LogP contribution is -2.22. The largest absolute Gasteiger partial charge is 0.493 e. The highest BCUT2D eigenvalue weighted by atomic mass is 16.5. The third kappa shape index (κ3) is 5.17. The molecule has 0 atom stereocenters. The van der Waals surface area contributed by atoms with E-state index in [9.17, 15) is 4.79 Å². The Balaban J connectivity index is 2.69. The molecule has 5 nitrogen and oxygen atoms in total. The van der Waals surface area contributed by atoms with Gasteiger partial charge in [-0.1, -0.05) is 19.8 Å². The standard InChI is InChI=1S/C16H25NO4/c1-5-6-7-8-15(18)17-11-12-9-13(19-2)16(21-4)14(10-12)20-3/h9-10H,5-8,11H2,1-4H3,(H,17,18). The van der Waals surface area contributed by atoms with Crippen molar-refractivity contribution >= 4 is 5.91 Å². The van der Waals surface area contributed by atoms with Crippen molar-refractivity contribution in [1.82, 2.24) is 5.32 Å². The quantitative estimate of drug-likeness (QED) is 0.712. The summed E-state index contributed by atoms with van der Waals surface area (Å²) in [6, 6.07) is 3.68. The van der Waals surface area contributed by atoms with E-state index in [2.05, 4.69) is 12.2 Å². The molecule has 0 bridgehead atoms. The van der Waals surface area contributed by atoms with Gasteiger partial charge in [-0.2, -0.15) is 0 Å². The zero-order valence-corrected chi connectivity index (χ0v) is 13.3. The van der Waals surface area contributed by atoms with Crippen molar-refractivity contribution < 1.29 is 19.0 Å². The van der Waals surface area contributed by atoms with E-state index in [0.717, 1.165) is 24.8 Å². The first-order valence-corrected chi connectivity index (χ1v) is 7.21. The van der Waals surface area contributed by atoms with Crippen molar-refractivity contribution in [1.29, 1.82) is 0 Å². The van der Waals surface area contributed by atoms with Crippen LogP contribution >= 0.6 is 0 Å². The van der Waals surface area contributed by atoms with E-state index >= 15 is 0 Å². The molecular weight excluding hydrogens is 270 g/mol. The van der Waals surface area contributed by atoms with Crippen molar-refractivity contribution in [3.05, 3.63) is 17.7 Å². The molecule has 0 unspecified atom stereocenters. The first-order chi connectivity index (χ1) is 10.2. The summed E-state index contributed by atoms with van der Waals surface area (Å²) in [4.78, 5) is 11.7. The van der Waals surface area contributed by atoms with Gasteiger partial charge in [0.2, 0.25) is 11.7 Å². The van der Waals surface area contributed by atoms with Crippen LogP contribution in [-0.2, 0) is 11.3 Å². The van der Waals surface area contributed by atoms with Gasteiger partial charge in [-0.25, -0.2) is 0 Å². The molecule has 1 N–H and O–H groups in total. The van der Waals surface area contributed by atoms with Gasteiger partial charge in [0, 0.05) is 13.0 Å². The van der Waals surface area contributed by atoms with Crippen LogP contribution in [0, 0.1) is 0 Å².